The first-order valence-electron chi connectivity index (χ1n) is 9.05. The van der Waals surface area contributed by atoms with Crippen LogP contribution in [0.5, 0.6) is 0 Å². The molecular weight excluding hydrogens is 406 g/mol. The first-order chi connectivity index (χ1) is 14.0. The van der Waals surface area contributed by atoms with Gasteiger partial charge in [-0.1, -0.05) is 60.4 Å². The van der Waals surface area contributed by atoms with Crippen LogP contribution in [-0.2, 0) is 14.4 Å². The first kappa shape index (κ1) is 19.4. The van der Waals surface area contributed by atoms with Gasteiger partial charge in [-0.25, -0.2) is 0 Å². The fourth-order valence-corrected chi connectivity index (χ4v) is 4.80. The third-order valence-electron chi connectivity index (χ3n) is 4.67. The number of rotatable bonds is 4. The number of likely N-dealkylation sites (N-methyl/N-ethyl adjacent to an activating group) is 1. The van der Waals surface area contributed by atoms with Crippen LogP contribution in [0, 0.1) is 0 Å². The van der Waals surface area contributed by atoms with Gasteiger partial charge < -0.3 is 5.32 Å². The normalized spacial score (nSPS) is 18.4. The standard InChI is InChI=1S/C21H17N3O3S2/c1-2-23-20(27)18(29-21(23)28)17-14-10-6-7-11-15(14)24(19(17)26)12-16(25)22-13-8-4-3-5-9-13/h3-11H,2,12H2,1H3,(H,22,25)/b18-17+. The Labute approximate surface area is 177 Å². The minimum absolute atomic E-state index is 0.150. The molecule has 2 aliphatic rings. The van der Waals surface area contributed by atoms with E-state index in [1.807, 2.05) is 25.1 Å². The number of hydrogen-bond acceptors (Lipinski definition) is 5. The van der Waals surface area contributed by atoms with Crippen molar-refractivity contribution in [3.63, 3.8) is 0 Å². The fraction of sp³-hybridized carbons (Fsp3) is 0.143. The summed E-state index contributed by atoms with van der Waals surface area (Å²) in [6, 6.07) is 16.2. The van der Waals surface area contributed by atoms with Crippen LogP contribution in [0.2, 0.25) is 0 Å². The summed E-state index contributed by atoms with van der Waals surface area (Å²) in [6.07, 6.45) is 0. The quantitative estimate of drug-likeness (QED) is 0.604. The number of carbonyl (C=O) groups excluding carboxylic acids is 3. The maximum atomic E-state index is 13.2. The molecule has 1 saturated heterocycles. The Morgan fingerprint density at radius 1 is 1.00 bits per heavy atom. The second kappa shape index (κ2) is 7.81. The van der Waals surface area contributed by atoms with Crippen LogP contribution < -0.4 is 10.2 Å². The number of carbonyl (C=O) groups is 3. The molecule has 2 aliphatic heterocycles. The van der Waals surface area contributed by atoms with E-state index in [2.05, 4.69) is 5.32 Å². The van der Waals surface area contributed by atoms with Gasteiger partial charge in [0.15, 0.2) is 0 Å². The zero-order chi connectivity index (χ0) is 20.5. The summed E-state index contributed by atoms with van der Waals surface area (Å²) < 4.78 is 0.436. The highest BCUT2D eigenvalue weighted by atomic mass is 32.2. The molecular formula is C21H17N3O3S2. The average Bonchev–Trinajstić information content (AvgIpc) is 3.15. The minimum Gasteiger partial charge on any atom is -0.325 e. The van der Waals surface area contributed by atoms with Gasteiger partial charge >= 0.3 is 0 Å². The Morgan fingerprint density at radius 2 is 1.69 bits per heavy atom. The van der Waals surface area contributed by atoms with E-state index in [0.29, 0.717) is 38.3 Å². The molecule has 0 aliphatic carbocycles. The van der Waals surface area contributed by atoms with Gasteiger partial charge in [-0.3, -0.25) is 24.2 Å². The van der Waals surface area contributed by atoms with E-state index < -0.39 is 0 Å². The van der Waals surface area contributed by atoms with Crippen molar-refractivity contribution >= 4 is 63.0 Å². The first-order valence-corrected chi connectivity index (χ1v) is 10.3. The van der Waals surface area contributed by atoms with Crippen molar-refractivity contribution in [3.8, 4) is 0 Å². The van der Waals surface area contributed by atoms with Gasteiger partial charge in [0.25, 0.3) is 11.8 Å². The van der Waals surface area contributed by atoms with Gasteiger partial charge in [0.1, 0.15) is 10.9 Å². The van der Waals surface area contributed by atoms with Crippen LogP contribution in [0.1, 0.15) is 12.5 Å². The van der Waals surface area contributed by atoms with E-state index >= 15 is 0 Å². The maximum absolute atomic E-state index is 13.2. The molecule has 2 aromatic rings. The van der Waals surface area contributed by atoms with E-state index in [-0.39, 0.29) is 24.3 Å². The van der Waals surface area contributed by atoms with Crippen molar-refractivity contribution in [1.82, 2.24) is 4.90 Å². The smallest absolute Gasteiger partial charge is 0.266 e. The largest absolute Gasteiger partial charge is 0.325 e. The Hall–Kier alpha value is -2.97. The van der Waals surface area contributed by atoms with Crippen LogP contribution in [0.4, 0.5) is 11.4 Å². The number of nitrogens with one attached hydrogen (secondary N) is 1. The van der Waals surface area contributed by atoms with Crippen LogP contribution in [-0.4, -0.2) is 40.0 Å². The molecule has 0 atom stereocenters. The predicted octanol–water partition coefficient (Wildman–Crippen LogP) is 3.26. The second-order valence-corrected chi connectivity index (χ2v) is 8.09. The van der Waals surface area contributed by atoms with E-state index in [9.17, 15) is 14.4 Å². The number of benzene rings is 2. The Bertz CT molecular complexity index is 1070. The van der Waals surface area contributed by atoms with Crippen LogP contribution >= 0.6 is 24.0 Å². The monoisotopic (exact) mass is 423 g/mol. The van der Waals surface area contributed by atoms with Crippen LogP contribution in [0.15, 0.2) is 59.5 Å². The summed E-state index contributed by atoms with van der Waals surface area (Å²) in [6.45, 7) is 2.13. The minimum atomic E-state index is -0.369. The number of thioether (sulfide) groups is 1. The SMILES string of the molecule is CCN1C(=O)/C(=C2\C(=O)N(CC(=O)Nc3ccccc3)c3ccccc32)SC1=S. The molecule has 0 saturated carbocycles. The summed E-state index contributed by atoms with van der Waals surface area (Å²) in [5.41, 5.74) is 2.21. The zero-order valence-corrected chi connectivity index (χ0v) is 17.2. The van der Waals surface area contributed by atoms with Gasteiger partial charge in [0.2, 0.25) is 5.91 Å². The lowest BCUT2D eigenvalue weighted by Gasteiger charge is -2.16. The van der Waals surface area contributed by atoms with Gasteiger partial charge in [0.05, 0.1) is 16.2 Å². The lowest BCUT2D eigenvalue weighted by molar-refractivity contribution is -0.122. The Balaban J connectivity index is 1.67. The van der Waals surface area contributed by atoms with Gasteiger partial charge in [-0.15, -0.1) is 0 Å². The molecule has 2 aromatic carbocycles. The third-order valence-corrected chi connectivity index (χ3v) is 6.12. The van der Waals surface area contributed by atoms with Crippen molar-refractivity contribution in [2.24, 2.45) is 0 Å². The predicted molar refractivity (Wildman–Crippen MR) is 118 cm³/mol. The molecule has 2 heterocycles. The van der Waals surface area contributed by atoms with Crippen LogP contribution in [0.25, 0.3) is 5.57 Å². The zero-order valence-electron chi connectivity index (χ0n) is 15.5. The number of fused-ring (bicyclic) bond motifs is 1. The molecule has 1 N–H and O–H groups in total. The van der Waals surface area contributed by atoms with Crippen molar-refractivity contribution < 1.29 is 14.4 Å². The highest BCUT2D eigenvalue weighted by Gasteiger charge is 2.41. The number of para-hydroxylation sites is 2. The van der Waals surface area contributed by atoms with E-state index in [1.54, 1.807) is 36.4 Å². The summed E-state index contributed by atoms with van der Waals surface area (Å²) in [5.74, 6) is -0.955. The van der Waals surface area contributed by atoms with Crippen molar-refractivity contribution in [2.45, 2.75) is 6.92 Å². The third kappa shape index (κ3) is 3.45. The number of hydrogen-bond donors (Lipinski definition) is 1. The summed E-state index contributed by atoms with van der Waals surface area (Å²) in [4.78, 5) is 41.8. The van der Waals surface area contributed by atoms with Gasteiger partial charge in [-0.2, -0.15) is 0 Å². The van der Waals surface area contributed by atoms with Crippen molar-refractivity contribution in [2.75, 3.05) is 23.3 Å². The maximum Gasteiger partial charge on any atom is 0.266 e. The molecule has 4 rings (SSSR count). The fourth-order valence-electron chi connectivity index (χ4n) is 3.34. The molecule has 0 bridgehead atoms. The van der Waals surface area contributed by atoms with Crippen molar-refractivity contribution in [3.05, 3.63) is 65.1 Å². The van der Waals surface area contributed by atoms with E-state index in [4.69, 9.17) is 12.2 Å². The lowest BCUT2D eigenvalue weighted by atomic mass is 10.1. The molecule has 146 valence electrons. The highest BCUT2D eigenvalue weighted by Crippen LogP contribution is 2.44. The van der Waals surface area contributed by atoms with Gasteiger partial charge in [-0.05, 0) is 25.1 Å². The average molecular weight is 424 g/mol. The highest BCUT2D eigenvalue weighted by molar-refractivity contribution is 8.26. The molecule has 0 radical (unpaired) electrons. The summed E-state index contributed by atoms with van der Waals surface area (Å²) in [7, 11) is 0. The number of thiocarbonyl (C=S) groups is 1. The number of nitrogens with zero attached hydrogens (tertiary/aromatic N) is 2. The summed E-state index contributed by atoms with van der Waals surface area (Å²) >= 11 is 6.42. The van der Waals surface area contributed by atoms with Gasteiger partial charge in [0, 0.05) is 17.8 Å². The number of amides is 3. The Morgan fingerprint density at radius 3 is 2.38 bits per heavy atom. The second-order valence-electron chi connectivity index (χ2n) is 6.44. The molecule has 1 fully saturated rings. The topological polar surface area (TPSA) is 69.7 Å². The lowest BCUT2D eigenvalue weighted by Crippen LogP contribution is -2.35. The Kier molecular flexibility index (Phi) is 5.21. The molecule has 0 aromatic heterocycles. The molecule has 0 spiro atoms. The number of anilines is 2. The molecule has 0 unspecified atom stereocenters. The molecule has 29 heavy (non-hydrogen) atoms. The molecule has 6 nitrogen and oxygen atoms in total. The molecule has 8 heteroatoms. The summed E-state index contributed by atoms with van der Waals surface area (Å²) in [5, 5.41) is 2.79. The van der Waals surface area contributed by atoms with E-state index in [1.165, 1.54) is 9.80 Å². The molecule has 3 amide bonds. The van der Waals surface area contributed by atoms with Crippen LogP contribution in [0.3, 0.4) is 0 Å². The van der Waals surface area contributed by atoms with E-state index in [0.717, 1.165) is 11.8 Å². The van der Waals surface area contributed by atoms with Crippen molar-refractivity contribution in [1.29, 1.82) is 0 Å².